The molecular formula is C21H28N2O2. The van der Waals surface area contributed by atoms with Crippen LogP contribution in [0.1, 0.15) is 55.8 Å². The second-order valence-corrected chi connectivity index (χ2v) is 6.19. The molecule has 0 fully saturated rings. The normalized spacial score (nSPS) is 10.4. The van der Waals surface area contributed by atoms with Gasteiger partial charge in [-0.1, -0.05) is 57.2 Å². The lowest BCUT2D eigenvalue weighted by Crippen LogP contribution is -2.14. The van der Waals surface area contributed by atoms with Gasteiger partial charge in [0.1, 0.15) is 5.75 Å². The molecule has 0 unspecified atom stereocenters. The summed E-state index contributed by atoms with van der Waals surface area (Å²) in [6.07, 6.45) is 7.21. The molecule has 0 atom stereocenters. The smallest absolute Gasteiger partial charge is 0.259 e. The Hall–Kier alpha value is -2.49. The zero-order valence-corrected chi connectivity index (χ0v) is 15.0. The highest BCUT2D eigenvalue weighted by Gasteiger charge is 2.13. The second kappa shape index (κ2) is 10.4. The van der Waals surface area contributed by atoms with Gasteiger partial charge in [0.25, 0.3) is 5.91 Å². The fourth-order valence-corrected chi connectivity index (χ4v) is 2.64. The first-order valence-electron chi connectivity index (χ1n) is 9.09. The molecule has 1 amide bonds. The molecule has 0 aromatic heterocycles. The van der Waals surface area contributed by atoms with E-state index in [-0.39, 0.29) is 5.91 Å². The fraction of sp³-hybridized carbons (Fsp3) is 0.381. The monoisotopic (exact) mass is 340 g/mol. The summed E-state index contributed by atoms with van der Waals surface area (Å²) in [7, 11) is 0. The van der Waals surface area contributed by atoms with Crippen molar-refractivity contribution in [1.82, 2.24) is 0 Å². The van der Waals surface area contributed by atoms with E-state index in [2.05, 4.69) is 12.2 Å². The van der Waals surface area contributed by atoms with Crippen molar-refractivity contribution in [2.75, 3.05) is 17.7 Å². The Morgan fingerprint density at radius 2 is 1.72 bits per heavy atom. The van der Waals surface area contributed by atoms with Crippen LogP contribution in [0.3, 0.4) is 0 Å². The number of benzene rings is 2. The van der Waals surface area contributed by atoms with Crippen LogP contribution in [-0.4, -0.2) is 12.5 Å². The summed E-state index contributed by atoms with van der Waals surface area (Å²) in [4.78, 5) is 12.5. The lowest BCUT2D eigenvalue weighted by Gasteiger charge is -2.12. The first-order chi connectivity index (χ1) is 12.2. The maximum absolute atomic E-state index is 12.5. The van der Waals surface area contributed by atoms with Gasteiger partial charge in [-0.25, -0.2) is 0 Å². The average molecular weight is 340 g/mol. The third-order valence-electron chi connectivity index (χ3n) is 4.04. The lowest BCUT2D eigenvalue weighted by atomic mass is 10.1. The van der Waals surface area contributed by atoms with Crippen LogP contribution < -0.4 is 15.8 Å². The Bertz CT molecular complexity index is 656. The van der Waals surface area contributed by atoms with E-state index >= 15 is 0 Å². The summed E-state index contributed by atoms with van der Waals surface area (Å²) in [5.41, 5.74) is 7.61. The first kappa shape index (κ1) is 18.8. The maximum atomic E-state index is 12.5. The van der Waals surface area contributed by atoms with Crippen molar-refractivity contribution in [3.8, 4) is 5.75 Å². The number of carbonyl (C=O) groups excluding carboxylic acids is 1. The summed E-state index contributed by atoms with van der Waals surface area (Å²) < 4.78 is 5.84. The van der Waals surface area contributed by atoms with Gasteiger partial charge in [0.2, 0.25) is 0 Å². The van der Waals surface area contributed by atoms with E-state index in [0.717, 1.165) is 18.5 Å². The summed E-state index contributed by atoms with van der Waals surface area (Å²) in [5, 5.41) is 2.88. The number of rotatable bonds is 10. The molecule has 0 aliphatic rings. The van der Waals surface area contributed by atoms with Gasteiger partial charge in [-0.15, -0.1) is 0 Å². The Morgan fingerprint density at radius 1 is 1.00 bits per heavy atom. The quantitative estimate of drug-likeness (QED) is 0.458. The van der Waals surface area contributed by atoms with Crippen molar-refractivity contribution < 1.29 is 9.53 Å². The van der Waals surface area contributed by atoms with Gasteiger partial charge >= 0.3 is 0 Å². The minimum absolute atomic E-state index is 0.212. The maximum Gasteiger partial charge on any atom is 0.259 e. The van der Waals surface area contributed by atoms with E-state index in [1.165, 1.54) is 25.7 Å². The molecule has 25 heavy (non-hydrogen) atoms. The Kier molecular flexibility index (Phi) is 7.83. The Labute approximate surface area is 150 Å². The van der Waals surface area contributed by atoms with E-state index in [0.29, 0.717) is 23.6 Å². The fourth-order valence-electron chi connectivity index (χ4n) is 2.64. The number of nitrogens with one attached hydrogen (secondary N) is 1. The van der Waals surface area contributed by atoms with Gasteiger partial charge in [0.05, 0.1) is 12.2 Å². The van der Waals surface area contributed by atoms with Crippen molar-refractivity contribution >= 4 is 17.3 Å². The number of nitrogens with two attached hydrogens (primary N) is 1. The highest BCUT2D eigenvalue weighted by Crippen LogP contribution is 2.23. The molecule has 0 saturated carbocycles. The minimum atomic E-state index is -0.212. The number of ether oxygens (including phenoxy) is 1. The van der Waals surface area contributed by atoms with Gasteiger partial charge in [0, 0.05) is 11.4 Å². The number of para-hydroxylation sites is 1. The number of carbonyl (C=O) groups is 1. The van der Waals surface area contributed by atoms with E-state index in [1.54, 1.807) is 18.2 Å². The summed E-state index contributed by atoms with van der Waals surface area (Å²) in [6.45, 7) is 2.83. The molecule has 4 heteroatoms. The molecule has 0 heterocycles. The lowest BCUT2D eigenvalue weighted by molar-refractivity contribution is 0.102. The molecule has 2 aromatic carbocycles. The first-order valence-corrected chi connectivity index (χ1v) is 9.09. The number of hydrogen-bond donors (Lipinski definition) is 2. The molecule has 0 saturated heterocycles. The summed E-state index contributed by atoms with van der Waals surface area (Å²) >= 11 is 0. The number of anilines is 2. The van der Waals surface area contributed by atoms with Crippen molar-refractivity contribution in [3.05, 3.63) is 54.1 Å². The predicted molar refractivity (Wildman–Crippen MR) is 104 cm³/mol. The highest BCUT2D eigenvalue weighted by atomic mass is 16.5. The van der Waals surface area contributed by atoms with E-state index in [9.17, 15) is 4.79 Å². The van der Waals surface area contributed by atoms with Gasteiger partial charge < -0.3 is 15.8 Å². The van der Waals surface area contributed by atoms with Crippen LogP contribution in [0, 0.1) is 0 Å². The van der Waals surface area contributed by atoms with Crippen LogP contribution in [0.25, 0.3) is 0 Å². The van der Waals surface area contributed by atoms with Crippen molar-refractivity contribution in [2.45, 2.75) is 45.4 Å². The molecule has 0 radical (unpaired) electrons. The van der Waals surface area contributed by atoms with Crippen LogP contribution in [0.15, 0.2) is 48.5 Å². The topological polar surface area (TPSA) is 64.3 Å². The largest absolute Gasteiger partial charge is 0.493 e. The third kappa shape index (κ3) is 6.49. The molecule has 4 nitrogen and oxygen atoms in total. The standard InChI is InChI=1S/C21H28N2O2/c1-2-3-4-5-6-10-15-25-20-14-13-17(22)16-19(20)21(24)23-18-11-8-7-9-12-18/h7-9,11-14,16H,2-6,10,15,22H2,1H3,(H,23,24). The Morgan fingerprint density at radius 3 is 2.48 bits per heavy atom. The molecule has 134 valence electrons. The SMILES string of the molecule is CCCCCCCCOc1ccc(N)cc1C(=O)Nc1ccccc1. The zero-order chi connectivity index (χ0) is 17.9. The van der Waals surface area contributed by atoms with Crippen LogP contribution >= 0.6 is 0 Å². The van der Waals surface area contributed by atoms with Crippen LogP contribution in [0.4, 0.5) is 11.4 Å². The zero-order valence-electron chi connectivity index (χ0n) is 15.0. The summed E-state index contributed by atoms with van der Waals surface area (Å²) in [5.74, 6) is 0.368. The molecule has 0 aliphatic carbocycles. The highest BCUT2D eigenvalue weighted by molar-refractivity contribution is 6.06. The van der Waals surface area contributed by atoms with E-state index in [4.69, 9.17) is 10.5 Å². The van der Waals surface area contributed by atoms with Gasteiger partial charge in [-0.2, -0.15) is 0 Å². The van der Waals surface area contributed by atoms with Gasteiger partial charge in [0.15, 0.2) is 0 Å². The molecule has 0 aliphatic heterocycles. The third-order valence-corrected chi connectivity index (χ3v) is 4.04. The molecule has 0 bridgehead atoms. The minimum Gasteiger partial charge on any atom is -0.493 e. The molecule has 2 rings (SSSR count). The second-order valence-electron chi connectivity index (χ2n) is 6.19. The number of unbranched alkanes of at least 4 members (excludes halogenated alkanes) is 5. The van der Waals surface area contributed by atoms with Crippen molar-refractivity contribution in [3.63, 3.8) is 0 Å². The molecule has 3 N–H and O–H groups in total. The number of amides is 1. The average Bonchev–Trinajstić information content (AvgIpc) is 2.62. The Balaban J connectivity index is 1.91. The number of nitrogen functional groups attached to an aromatic ring is 1. The van der Waals surface area contributed by atoms with Crippen LogP contribution in [0.5, 0.6) is 5.75 Å². The predicted octanol–water partition coefficient (Wildman–Crippen LogP) is 5.26. The van der Waals surface area contributed by atoms with Gasteiger partial charge in [-0.05, 0) is 36.8 Å². The molecule has 2 aromatic rings. The molecular weight excluding hydrogens is 312 g/mol. The van der Waals surface area contributed by atoms with E-state index < -0.39 is 0 Å². The van der Waals surface area contributed by atoms with Crippen molar-refractivity contribution in [2.24, 2.45) is 0 Å². The van der Waals surface area contributed by atoms with E-state index in [1.807, 2.05) is 30.3 Å². The van der Waals surface area contributed by atoms with Gasteiger partial charge in [-0.3, -0.25) is 4.79 Å². The van der Waals surface area contributed by atoms with Crippen LogP contribution in [-0.2, 0) is 0 Å². The number of hydrogen-bond acceptors (Lipinski definition) is 3. The van der Waals surface area contributed by atoms with Crippen molar-refractivity contribution in [1.29, 1.82) is 0 Å². The molecule has 0 spiro atoms. The van der Waals surface area contributed by atoms with Crippen LogP contribution in [0.2, 0.25) is 0 Å². The summed E-state index contributed by atoms with van der Waals surface area (Å²) in [6, 6.07) is 14.6.